The standard InChI is InChI=1S/C21H15BrN2OS2/c22-14-8-10-15(11-9-14)23-19(25)18-12-27-20(24(18)21(23)26)17-7-3-5-13-4-1-2-6-16(13)17/h1-11,18,20H,12H2/t18-,20-/m1/s1. The van der Waals surface area contributed by atoms with Gasteiger partial charge in [0.25, 0.3) is 5.91 Å². The number of anilines is 1. The van der Waals surface area contributed by atoms with Crippen LogP contribution in [0.15, 0.2) is 71.2 Å². The molecule has 0 radical (unpaired) electrons. The van der Waals surface area contributed by atoms with Gasteiger partial charge >= 0.3 is 0 Å². The maximum atomic E-state index is 13.1. The number of fused-ring (bicyclic) bond motifs is 2. The topological polar surface area (TPSA) is 23.6 Å². The van der Waals surface area contributed by atoms with E-state index in [0.717, 1.165) is 15.9 Å². The van der Waals surface area contributed by atoms with E-state index in [-0.39, 0.29) is 17.3 Å². The molecule has 134 valence electrons. The predicted octanol–water partition coefficient (Wildman–Crippen LogP) is 5.35. The van der Waals surface area contributed by atoms with Crippen molar-refractivity contribution in [1.82, 2.24) is 4.90 Å². The Balaban J connectivity index is 1.56. The molecule has 0 spiro atoms. The fraction of sp³-hybridized carbons (Fsp3) is 0.143. The first-order valence-corrected chi connectivity index (χ1v) is 10.9. The molecule has 6 heteroatoms. The monoisotopic (exact) mass is 454 g/mol. The maximum Gasteiger partial charge on any atom is 0.257 e. The van der Waals surface area contributed by atoms with E-state index in [1.54, 1.807) is 16.7 Å². The van der Waals surface area contributed by atoms with Crippen LogP contribution in [0.5, 0.6) is 0 Å². The molecule has 2 aliphatic rings. The van der Waals surface area contributed by atoms with Gasteiger partial charge in [-0.15, -0.1) is 11.8 Å². The third-order valence-electron chi connectivity index (χ3n) is 5.09. The van der Waals surface area contributed by atoms with Crippen LogP contribution in [-0.4, -0.2) is 27.7 Å². The van der Waals surface area contributed by atoms with Crippen LogP contribution in [0.2, 0.25) is 0 Å². The highest BCUT2D eigenvalue weighted by Crippen LogP contribution is 2.47. The minimum absolute atomic E-state index is 0.0537. The van der Waals surface area contributed by atoms with Crippen LogP contribution >= 0.6 is 39.9 Å². The first-order chi connectivity index (χ1) is 13.1. The van der Waals surface area contributed by atoms with Crippen LogP contribution in [0, 0.1) is 0 Å². The van der Waals surface area contributed by atoms with Crippen molar-refractivity contribution in [3.8, 4) is 0 Å². The van der Waals surface area contributed by atoms with Crippen LogP contribution in [0.1, 0.15) is 10.9 Å². The Hall–Kier alpha value is -1.89. The van der Waals surface area contributed by atoms with Crippen molar-refractivity contribution < 1.29 is 4.79 Å². The van der Waals surface area contributed by atoms with Gasteiger partial charge in [-0.25, -0.2) is 0 Å². The molecule has 5 rings (SSSR count). The molecule has 0 N–H and O–H groups in total. The minimum atomic E-state index is -0.199. The molecular formula is C21H15BrN2OS2. The highest BCUT2D eigenvalue weighted by atomic mass is 79.9. The van der Waals surface area contributed by atoms with Crippen LogP contribution < -0.4 is 4.90 Å². The van der Waals surface area contributed by atoms with Gasteiger partial charge in [0.1, 0.15) is 11.4 Å². The fourth-order valence-corrected chi connectivity index (χ4v) is 6.04. The zero-order valence-electron chi connectivity index (χ0n) is 14.2. The van der Waals surface area contributed by atoms with Gasteiger partial charge in [0.2, 0.25) is 0 Å². The van der Waals surface area contributed by atoms with Crippen molar-refractivity contribution in [3.63, 3.8) is 0 Å². The van der Waals surface area contributed by atoms with Gasteiger partial charge < -0.3 is 4.90 Å². The number of halogens is 1. The summed E-state index contributed by atoms with van der Waals surface area (Å²) in [5.41, 5.74) is 2.04. The van der Waals surface area contributed by atoms with Gasteiger partial charge in [0.05, 0.1) is 5.69 Å². The molecule has 0 bridgehead atoms. The summed E-state index contributed by atoms with van der Waals surface area (Å²) in [6.07, 6.45) is 0. The number of amides is 1. The lowest BCUT2D eigenvalue weighted by Gasteiger charge is -2.26. The third kappa shape index (κ3) is 2.70. The van der Waals surface area contributed by atoms with Gasteiger partial charge in [0.15, 0.2) is 5.11 Å². The molecule has 2 fully saturated rings. The molecule has 27 heavy (non-hydrogen) atoms. The molecule has 2 aliphatic heterocycles. The van der Waals surface area contributed by atoms with Crippen LogP contribution in [-0.2, 0) is 4.79 Å². The number of nitrogens with zero attached hydrogens (tertiary/aromatic N) is 2. The first kappa shape index (κ1) is 17.2. The summed E-state index contributed by atoms with van der Waals surface area (Å²) in [5, 5.41) is 3.07. The zero-order valence-corrected chi connectivity index (χ0v) is 17.4. The average molecular weight is 455 g/mol. The maximum absolute atomic E-state index is 13.1. The second-order valence-electron chi connectivity index (χ2n) is 6.61. The number of thiocarbonyl (C=S) groups is 1. The summed E-state index contributed by atoms with van der Waals surface area (Å²) in [4.78, 5) is 16.9. The zero-order chi connectivity index (χ0) is 18.5. The van der Waals surface area contributed by atoms with Crippen LogP contribution in [0.25, 0.3) is 10.8 Å². The van der Waals surface area contributed by atoms with Crippen molar-refractivity contribution in [2.75, 3.05) is 10.7 Å². The summed E-state index contributed by atoms with van der Waals surface area (Å²) in [5.74, 6) is 0.817. The van der Waals surface area contributed by atoms with Gasteiger partial charge in [-0.1, -0.05) is 58.4 Å². The van der Waals surface area contributed by atoms with E-state index in [0.29, 0.717) is 5.11 Å². The van der Waals surface area contributed by atoms with Crippen molar-refractivity contribution in [2.45, 2.75) is 11.4 Å². The third-order valence-corrected chi connectivity index (χ3v) is 7.32. The minimum Gasteiger partial charge on any atom is -0.319 e. The molecule has 2 heterocycles. The van der Waals surface area contributed by atoms with E-state index in [2.05, 4.69) is 63.3 Å². The summed E-state index contributed by atoms with van der Waals surface area (Å²) in [7, 11) is 0. The van der Waals surface area contributed by atoms with Crippen LogP contribution in [0.3, 0.4) is 0 Å². The van der Waals surface area contributed by atoms with E-state index < -0.39 is 0 Å². The second kappa shape index (κ2) is 6.62. The lowest BCUT2D eigenvalue weighted by molar-refractivity contribution is -0.119. The van der Waals surface area contributed by atoms with E-state index in [1.165, 1.54) is 16.3 Å². The van der Waals surface area contributed by atoms with Crippen LogP contribution in [0.4, 0.5) is 5.69 Å². The molecule has 0 aromatic heterocycles. The van der Waals surface area contributed by atoms with E-state index in [9.17, 15) is 4.79 Å². The SMILES string of the molecule is O=C1[C@H]2CS[C@H](c3cccc4ccccc34)N2C(=S)N1c1ccc(Br)cc1. The molecule has 2 atom stereocenters. The largest absolute Gasteiger partial charge is 0.319 e. The van der Waals surface area contributed by atoms with Crippen molar-refractivity contribution in [2.24, 2.45) is 0 Å². The molecule has 3 nitrogen and oxygen atoms in total. The summed E-state index contributed by atoms with van der Waals surface area (Å²) in [6.45, 7) is 0. The van der Waals surface area contributed by atoms with Gasteiger partial charge in [-0.3, -0.25) is 9.69 Å². The Bertz CT molecular complexity index is 1060. The van der Waals surface area contributed by atoms with E-state index in [1.807, 2.05) is 24.3 Å². The average Bonchev–Trinajstić information content (AvgIpc) is 3.23. The Labute approximate surface area is 175 Å². The molecule has 2 saturated heterocycles. The number of benzene rings is 3. The molecule has 3 aromatic carbocycles. The second-order valence-corrected chi connectivity index (χ2v) is 9.00. The summed E-state index contributed by atoms with van der Waals surface area (Å²) >= 11 is 11.0. The Morgan fingerprint density at radius 2 is 1.74 bits per heavy atom. The summed E-state index contributed by atoms with van der Waals surface area (Å²) < 4.78 is 0.980. The van der Waals surface area contributed by atoms with Crippen molar-refractivity contribution >= 4 is 67.4 Å². The Morgan fingerprint density at radius 3 is 2.56 bits per heavy atom. The predicted molar refractivity (Wildman–Crippen MR) is 119 cm³/mol. The van der Waals surface area contributed by atoms with Gasteiger partial charge in [-0.05, 0) is 52.8 Å². The quantitative estimate of drug-likeness (QED) is 0.486. The Kier molecular flexibility index (Phi) is 4.22. The number of rotatable bonds is 2. The molecule has 0 saturated carbocycles. The Morgan fingerprint density at radius 1 is 1.00 bits per heavy atom. The highest BCUT2D eigenvalue weighted by molar-refractivity contribution is 9.10. The number of hydrogen-bond donors (Lipinski definition) is 0. The van der Waals surface area contributed by atoms with Crippen molar-refractivity contribution in [3.05, 3.63) is 76.8 Å². The van der Waals surface area contributed by atoms with Gasteiger partial charge in [-0.2, -0.15) is 0 Å². The van der Waals surface area contributed by atoms with Gasteiger partial charge in [0, 0.05) is 10.2 Å². The number of carbonyl (C=O) groups excluding carboxylic acids is 1. The van der Waals surface area contributed by atoms with Crippen molar-refractivity contribution in [1.29, 1.82) is 0 Å². The summed E-state index contributed by atoms with van der Waals surface area (Å²) in [6, 6.07) is 22.3. The first-order valence-electron chi connectivity index (χ1n) is 8.66. The van der Waals surface area contributed by atoms with E-state index in [4.69, 9.17) is 12.2 Å². The lowest BCUT2D eigenvalue weighted by atomic mass is 10.0. The number of carbonyl (C=O) groups is 1. The van der Waals surface area contributed by atoms with E-state index >= 15 is 0 Å². The molecule has 0 aliphatic carbocycles. The molecule has 1 amide bonds. The lowest BCUT2D eigenvalue weighted by Crippen LogP contribution is -2.33. The molecule has 0 unspecified atom stereocenters. The number of thioether (sulfide) groups is 1. The smallest absolute Gasteiger partial charge is 0.257 e. The molecule has 3 aromatic rings. The fourth-order valence-electron chi connectivity index (χ4n) is 3.82. The molecular weight excluding hydrogens is 440 g/mol. The number of hydrogen-bond acceptors (Lipinski definition) is 3. The highest BCUT2D eigenvalue weighted by Gasteiger charge is 2.51. The normalized spacial score (nSPS) is 22.0.